The van der Waals surface area contributed by atoms with Crippen molar-refractivity contribution < 1.29 is 0 Å². The van der Waals surface area contributed by atoms with Crippen LogP contribution < -0.4 is 5.32 Å². The van der Waals surface area contributed by atoms with E-state index in [0.717, 1.165) is 27.9 Å². The van der Waals surface area contributed by atoms with E-state index in [9.17, 15) is 0 Å². The molecule has 124 valence electrons. The van der Waals surface area contributed by atoms with Crippen molar-refractivity contribution in [3.8, 4) is 28.6 Å². The Labute approximate surface area is 153 Å². The van der Waals surface area contributed by atoms with Crippen LogP contribution in [0.4, 0.5) is 0 Å². The fourth-order valence-corrected chi connectivity index (χ4v) is 2.66. The summed E-state index contributed by atoms with van der Waals surface area (Å²) in [7, 11) is 1.66. The van der Waals surface area contributed by atoms with Crippen molar-refractivity contribution in [3.05, 3.63) is 78.5 Å². The van der Waals surface area contributed by atoms with Crippen molar-refractivity contribution in [2.75, 3.05) is 7.05 Å². The van der Waals surface area contributed by atoms with Gasteiger partial charge < -0.3 is 0 Å². The van der Waals surface area contributed by atoms with E-state index < -0.39 is 0 Å². The van der Waals surface area contributed by atoms with E-state index in [1.54, 1.807) is 13.2 Å². The standard InChI is InChI=1S/C20H16N4.ClH/c1-22-20(24-14-21)18-17(15-8-4-2-5-9-15)12-13-23-19(18)16-10-6-3-7-11-16;/h2-13H,1H3,(H,22,24);1H. The lowest BCUT2D eigenvalue weighted by Gasteiger charge is -2.15. The minimum absolute atomic E-state index is 0. The Bertz CT molecular complexity index is 842. The maximum atomic E-state index is 9.09. The molecular formula is C20H17ClN4. The van der Waals surface area contributed by atoms with Crippen LogP contribution in [0.25, 0.3) is 22.4 Å². The van der Waals surface area contributed by atoms with E-state index in [1.165, 1.54) is 0 Å². The molecule has 1 aromatic heterocycles. The molecule has 1 N–H and O–H groups in total. The highest BCUT2D eigenvalue weighted by Gasteiger charge is 2.17. The van der Waals surface area contributed by atoms with E-state index in [4.69, 9.17) is 5.26 Å². The quantitative estimate of drug-likeness (QED) is 0.332. The van der Waals surface area contributed by atoms with Crippen LogP contribution in [-0.4, -0.2) is 17.9 Å². The molecule has 0 saturated heterocycles. The molecule has 0 unspecified atom stereocenters. The second-order valence-electron chi connectivity index (χ2n) is 5.12. The minimum atomic E-state index is 0. The van der Waals surface area contributed by atoms with Gasteiger partial charge in [0.05, 0.1) is 11.3 Å². The maximum absolute atomic E-state index is 9.09. The first kappa shape index (κ1) is 18.2. The fraction of sp³-hybridized carbons (Fsp3) is 0.0500. The number of aromatic nitrogens is 1. The number of nitrogens with zero attached hydrogens (tertiary/aromatic N) is 3. The van der Waals surface area contributed by atoms with Crippen LogP contribution in [-0.2, 0) is 0 Å². The minimum Gasteiger partial charge on any atom is -0.277 e. The topological polar surface area (TPSA) is 61.1 Å². The van der Waals surface area contributed by atoms with Gasteiger partial charge in [-0.05, 0) is 17.2 Å². The van der Waals surface area contributed by atoms with Gasteiger partial charge in [0.1, 0.15) is 5.84 Å². The zero-order chi connectivity index (χ0) is 16.8. The molecular weight excluding hydrogens is 332 g/mol. The summed E-state index contributed by atoms with van der Waals surface area (Å²) in [4.78, 5) is 8.82. The molecule has 3 aromatic rings. The normalized spacial score (nSPS) is 10.5. The second-order valence-corrected chi connectivity index (χ2v) is 5.12. The lowest BCUT2D eigenvalue weighted by Crippen LogP contribution is -2.21. The first-order valence-electron chi connectivity index (χ1n) is 7.57. The van der Waals surface area contributed by atoms with Crippen LogP contribution in [0, 0.1) is 11.5 Å². The molecule has 0 aliphatic rings. The van der Waals surface area contributed by atoms with Gasteiger partial charge in [-0.15, -0.1) is 12.4 Å². The zero-order valence-corrected chi connectivity index (χ0v) is 14.5. The lowest BCUT2D eigenvalue weighted by atomic mass is 9.95. The molecule has 0 saturated carbocycles. The van der Waals surface area contributed by atoms with Gasteiger partial charge in [-0.1, -0.05) is 60.7 Å². The van der Waals surface area contributed by atoms with Crippen LogP contribution in [0.15, 0.2) is 77.9 Å². The maximum Gasteiger partial charge on any atom is 0.182 e. The monoisotopic (exact) mass is 348 g/mol. The molecule has 1 heterocycles. The van der Waals surface area contributed by atoms with Gasteiger partial charge in [-0.3, -0.25) is 15.3 Å². The number of rotatable bonds is 3. The van der Waals surface area contributed by atoms with Gasteiger partial charge in [0, 0.05) is 18.8 Å². The van der Waals surface area contributed by atoms with E-state index >= 15 is 0 Å². The summed E-state index contributed by atoms with van der Waals surface area (Å²) in [6.07, 6.45) is 3.75. The van der Waals surface area contributed by atoms with Gasteiger partial charge in [-0.2, -0.15) is 5.26 Å². The number of benzene rings is 2. The number of amidine groups is 1. The van der Waals surface area contributed by atoms with Gasteiger partial charge in [0.25, 0.3) is 0 Å². The molecule has 4 nitrogen and oxygen atoms in total. The van der Waals surface area contributed by atoms with Crippen LogP contribution >= 0.6 is 12.4 Å². The summed E-state index contributed by atoms with van der Waals surface area (Å²) in [6, 6.07) is 21.9. The van der Waals surface area contributed by atoms with Crippen LogP contribution in [0.1, 0.15) is 5.56 Å². The van der Waals surface area contributed by atoms with Gasteiger partial charge >= 0.3 is 0 Å². The molecule has 0 spiro atoms. The van der Waals surface area contributed by atoms with E-state index in [2.05, 4.69) is 15.3 Å². The van der Waals surface area contributed by atoms with Crippen molar-refractivity contribution in [1.29, 1.82) is 5.26 Å². The van der Waals surface area contributed by atoms with Crippen molar-refractivity contribution in [3.63, 3.8) is 0 Å². The Morgan fingerprint density at radius 3 is 2.12 bits per heavy atom. The van der Waals surface area contributed by atoms with E-state index in [-0.39, 0.29) is 12.4 Å². The number of pyridine rings is 1. The summed E-state index contributed by atoms with van der Waals surface area (Å²) in [5.41, 5.74) is 4.62. The molecule has 3 rings (SSSR count). The third kappa shape index (κ3) is 3.85. The summed E-state index contributed by atoms with van der Waals surface area (Å²) < 4.78 is 0. The fourth-order valence-electron chi connectivity index (χ4n) is 2.66. The molecule has 0 amide bonds. The number of hydrogen-bond donors (Lipinski definition) is 1. The Hall–Kier alpha value is -3.16. The SMILES string of the molecule is CN=C(NC#N)c1c(-c2ccccc2)ccnc1-c1ccccc1.Cl. The van der Waals surface area contributed by atoms with Crippen molar-refractivity contribution >= 4 is 18.2 Å². The molecule has 0 fully saturated rings. The summed E-state index contributed by atoms with van der Waals surface area (Å²) in [6.45, 7) is 0. The summed E-state index contributed by atoms with van der Waals surface area (Å²) in [5.74, 6) is 0.503. The Balaban J connectivity index is 0.00000225. The molecule has 5 heteroatoms. The molecule has 25 heavy (non-hydrogen) atoms. The summed E-state index contributed by atoms with van der Waals surface area (Å²) >= 11 is 0. The summed E-state index contributed by atoms with van der Waals surface area (Å²) in [5, 5.41) is 11.8. The third-order valence-corrected chi connectivity index (χ3v) is 3.72. The predicted octanol–water partition coefficient (Wildman–Crippen LogP) is 4.28. The number of hydrogen-bond acceptors (Lipinski definition) is 3. The van der Waals surface area contributed by atoms with Crippen molar-refractivity contribution in [2.24, 2.45) is 4.99 Å². The van der Waals surface area contributed by atoms with Crippen LogP contribution in [0.2, 0.25) is 0 Å². The lowest BCUT2D eigenvalue weighted by molar-refractivity contribution is 1.21. The van der Waals surface area contributed by atoms with E-state index in [0.29, 0.717) is 5.84 Å². The Morgan fingerprint density at radius 2 is 1.56 bits per heavy atom. The Morgan fingerprint density at radius 1 is 0.960 bits per heavy atom. The predicted molar refractivity (Wildman–Crippen MR) is 104 cm³/mol. The molecule has 0 aliphatic heterocycles. The van der Waals surface area contributed by atoms with Crippen molar-refractivity contribution in [1.82, 2.24) is 10.3 Å². The number of halogens is 1. The zero-order valence-electron chi connectivity index (χ0n) is 13.7. The van der Waals surface area contributed by atoms with Crippen molar-refractivity contribution in [2.45, 2.75) is 0 Å². The average Bonchev–Trinajstić information content (AvgIpc) is 2.67. The van der Waals surface area contributed by atoms with Gasteiger partial charge in [0.15, 0.2) is 6.19 Å². The highest BCUT2D eigenvalue weighted by Crippen LogP contribution is 2.30. The molecule has 2 aromatic carbocycles. The molecule has 0 radical (unpaired) electrons. The van der Waals surface area contributed by atoms with Crippen LogP contribution in [0.3, 0.4) is 0 Å². The first-order valence-corrected chi connectivity index (χ1v) is 7.57. The van der Waals surface area contributed by atoms with Gasteiger partial charge in [0.2, 0.25) is 0 Å². The van der Waals surface area contributed by atoms with E-state index in [1.807, 2.05) is 72.9 Å². The Kier molecular flexibility index (Phi) is 6.27. The number of nitriles is 1. The second kappa shape index (κ2) is 8.62. The molecule has 0 aliphatic carbocycles. The molecule has 0 bridgehead atoms. The number of nitrogens with one attached hydrogen (secondary N) is 1. The average molecular weight is 349 g/mol. The number of aliphatic imine (C=N–C) groups is 1. The largest absolute Gasteiger partial charge is 0.277 e. The third-order valence-electron chi connectivity index (χ3n) is 3.72. The molecule has 0 atom stereocenters. The highest BCUT2D eigenvalue weighted by atomic mass is 35.5. The smallest absolute Gasteiger partial charge is 0.182 e. The first-order chi connectivity index (χ1) is 11.8. The highest BCUT2D eigenvalue weighted by molar-refractivity contribution is 6.09. The van der Waals surface area contributed by atoms with Gasteiger partial charge in [-0.25, -0.2) is 0 Å². The van der Waals surface area contributed by atoms with Crippen LogP contribution in [0.5, 0.6) is 0 Å².